The van der Waals surface area contributed by atoms with Gasteiger partial charge in [-0.1, -0.05) is 0 Å². The molecule has 4 N–H and O–H groups in total. The standard InChI is InChI=1S/C14H20N2O4/c1-18-12-7-2-9(15)8-13(12)19-10-3-5-11(6-4-10)20-14(16)17/h2,7-8,10-11H,3-6,15H2,1H3,(H2,16,17). The Bertz CT molecular complexity index is 470. The third-order valence-corrected chi connectivity index (χ3v) is 3.39. The zero-order valence-corrected chi connectivity index (χ0v) is 11.5. The van der Waals surface area contributed by atoms with E-state index in [0.29, 0.717) is 17.2 Å². The Morgan fingerprint density at radius 1 is 1.15 bits per heavy atom. The number of anilines is 1. The molecular formula is C14H20N2O4. The number of nitrogen functional groups attached to an aromatic ring is 1. The van der Waals surface area contributed by atoms with Gasteiger partial charge in [0.1, 0.15) is 6.10 Å². The second-order valence-electron chi connectivity index (χ2n) is 4.86. The summed E-state index contributed by atoms with van der Waals surface area (Å²) in [6.07, 6.45) is 2.35. The van der Waals surface area contributed by atoms with Gasteiger partial charge in [0.2, 0.25) is 0 Å². The number of carbonyl (C=O) groups excluding carboxylic acids is 1. The van der Waals surface area contributed by atoms with Gasteiger partial charge in [0, 0.05) is 11.8 Å². The van der Waals surface area contributed by atoms with Crippen LogP contribution in [-0.2, 0) is 4.74 Å². The summed E-state index contributed by atoms with van der Waals surface area (Å²) in [5.41, 5.74) is 11.4. The topological polar surface area (TPSA) is 96.8 Å². The number of amides is 1. The number of hydrogen-bond donors (Lipinski definition) is 2. The van der Waals surface area contributed by atoms with Crippen LogP contribution in [0.1, 0.15) is 25.7 Å². The molecule has 1 amide bonds. The molecular weight excluding hydrogens is 260 g/mol. The Labute approximate surface area is 118 Å². The van der Waals surface area contributed by atoms with Crippen molar-refractivity contribution >= 4 is 11.8 Å². The number of benzene rings is 1. The quantitative estimate of drug-likeness (QED) is 0.823. The van der Waals surface area contributed by atoms with Gasteiger partial charge in [0.05, 0.1) is 13.2 Å². The van der Waals surface area contributed by atoms with E-state index in [1.807, 2.05) is 0 Å². The summed E-state index contributed by atoms with van der Waals surface area (Å²) in [5, 5.41) is 0. The van der Waals surface area contributed by atoms with E-state index in [9.17, 15) is 4.79 Å². The summed E-state index contributed by atoms with van der Waals surface area (Å²) < 4.78 is 16.2. The molecule has 0 unspecified atom stereocenters. The summed E-state index contributed by atoms with van der Waals surface area (Å²) >= 11 is 0. The summed E-state index contributed by atoms with van der Waals surface area (Å²) in [6.45, 7) is 0. The van der Waals surface area contributed by atoms with Crippen molar-refractivity contribution in [2.24, 2.45) is 5.73 Å². The van der Waals surface area contributed by atoms with Crippen LogP contribution in [0.4, 0.5) is 10.5 Å². The molecule has 0 spiro atoms. The molecule has 20 heavy (non-hydrogen) atoms. The molecule has 6 nitrogen and oxygen atoms in total. The van der Waals surface area contributed by atoms with Gasteiger partial charge in [-0.25, -0.2) is 4.79 Å². The lowest BCUT2D eigenvalue weighted by Crippen LogP contribution is -2.31. The maximum atomic E-state index is 10.7. The fraction of sp³-hybridized carbons (Fsp3) is 0.500. The molecule has 0 bridgehead atoms. The van der Waals surface area contributed by atoms with Crippen LogP contribution in [0.25, 0.3) is 0 Å². The van der Waals surface area contributed by atoms with Gasteiger partial charge >= 0.3 is 6.09 Å². The summed E-state index contributed by atoms with van der Waals surface area (Å²) in [4.78, 5) is 10.7. The number of methoxy groups -OCH3 is 1. The van der Waals surface area contributed by atoms with Crippen molar-refractivity contribution in [1.82, 2.24) is 0 Å². The van der Waals surface area contributed by atoms with Crippen molar-refractivity contribution in [3.8, 4) is 11.5 Å². The molecule has 1 aliphatic rings. The third-order valence-electron chi connectivity index (χ3n) is 3.39. The largest absolute Gasteiger partial charge is 0.493 e. The van der Waals surface area contributed by atoms with E-state index in [-0.39, 0.29) is 12.2 Å². The average molecular weight is 280 g/mol. The van der Waals surface area contributed by atoms with Gasteiger partial charge in [-0.2, -0.15) is 0 Å². The van der Waals surface area contributed by atoms with Crippen molar-refractivity contribution < 1.29 is 19.0 Å². The smallest absolute Gasteiger partial charge is 0.404 e. The minimum Gasteiger partial charge on any atom is -0.493 e. The second kappa shape index (κ2) is 6.36. The van der Waals surface area contributed by atoms with E-state index in [2.05, 4.69) is 0 Å². The summed E-state index contributed by atoms with van der Waals surface area (Å²) in [7, 11) is 1.59. The molecule has 6 heteroatoms. The van der Waals surface area contributed by atoms with Gasteiger partial charge < -0.3 is 25.7 Å². The molecule has 1 fully saturated rings. The van der Waals surface area contributed by atoms with Crippen LogP contribution in [0.15, 0.2) is 18.2 Å². The van der Waals surface area contributed by atoms with E-state index in [1.165, 1.54) is 0 Å². The number of carbonyl (C=O) groups is 1. The van der Waals surface area contributed by atoms with Crippen LogP contribution in [0.5, 0.6) is 11.5 Å². The lowest BCUT2D eigenvalue weighted by Gasteiger charge is -2.28. The molecule has 0 aromatic heterocycles. The van der Waals surface area contributed by atoms with Crippen LogP contribution in [0.2, 0.25) is 0 Å². The number of ether oxygens (including phenoxy) is 3. The van der Waals surface area contributed by atoms with Crippen LogP contribution >= 0.6 is 0 Å². The molecule has 110 valence electrons. The molecule has 0 aliphatic heterocycles. The summed E-state index contributed by atoms with van der Waals surface area (Å²) in [5.74, 6) is 1.31. The lowest BCUT2D eigenvalue weighted by molar-refractivity contribution is 0.0462. The van der Waals surface area contributed by atoms with E-state index in [0.717, 1.165) is 25.7 Å². The fourth-order valence-corrected chi connectivity index (χ4v) is 2.40. The SMILES string of the molecule is COc1ccc(N)cc1OC1CCC(OC(N)=O)CC1. The molecule has 0 saturated heterocycles. The van der Waals surface area contributed by atoms with Crippen molar-refractivity contribution in [3.05, 3.63) is 18.2 Å². The molecule has 2 rings (SSSR count). The first-order valence-corrected chi connectivity index (χ1v) is 6.64. The Kier molecular flexibility index (Phi) is 4.55. The molecule has 1 aliphatic carbocycles. The highest BCUT2D eigenvalue weighted by Gasteiger charge is 2.25. The maximum absolute atomic E-state index is 10.7. The highest BCUT2D eigenvalue weighted by Crippen LogP contribution is 2.33. The predicted molar refractivity (Wildman–Crippen MR) is 74.7 cm³/mol. The minimum absolute atomic E-state index is 0.0680. The summed E-state index contributed by atoms with van der Waals surface area (Å²) in [6, 6.07) is 5.31. The minimum atomic E-state index is -0.716. The third kappa shape index (κ3) is 3.69. The zero-order chi connectivity index (χ0) is 14.5. The van der Waals surface area contributed by atoms with E-state index >= 15 is 0 Å². The Hall–Kier alpha value is -2.11. The number of hydrogen-bond acceptors (Lipinski definition) is 5. The molecule has 0 radical (unpaired) electrons. The molecule has 1 saturated carbocycles. The van der Waals surface area contributed by atoms with Gasteiger partial charge in [-0.3, -0.25) is 0 Å². The van der Waals surface area contributed by atoms with Crippen molar-refractivity contribution in [2.75, 3.05) is 12.8 Å². The van der Waals surface area contributed by atoms with Crippen molar-refractivity contribution in [2.45, 2.75) is 37.9 Å². The van der Waals surface area contributed by atoms with Gasteiger partial charge in [0.15, 0.2) is 11.5 Å². The second-order valence-corrected chi connectivity index (χ2v) is 4.86. The highest BCUT2D eigenvalue weighted by atomic mass is 16.6. The molecule has 0 atom stereocenters. The number of nitrogens with two attached hydrogens (primary N) is 2. The lowest BCUT2D eigenvalue weighted by atomic mass is 9.95. The average Bonchev–Trinajstić information content (AvgIpc) is 2.41. The predicted octanol–water partition coefficient (Wildman–Crippen LogP) is 2.06. The van der Waals surface area contributed by atoms with Crippen molar-refractivity contribution in [3.63, 3.8) is 0 Å². The van der Waals surface area contributed by atoms with Crippen LogP contribution in [0, 0.1) is 0 Å². The number of rotatable bonds is 4. The molecule has 0 heterocycles. The Morgan fingerprint density at radius 2 is 1.80 bits per heavy atom. The van der Waals surface area contributed by atoms with Gasteiger partial charge in [-0.15, -0.1) is 0 Å². The maximum Gasteiger partial charge on any atom is 0.404 e. The zero-order valence-electron chi connectivity index (χ0n) is 11.5. The van der Waals surface area contributed by atoms with E-state index in [4.69, 9.17) is 25.7 Å². The molecule has 1 aromatic rings. The first kappa shape index (κ1) is 14.3. The Morgan fingerprint density at radius 3 is 2.40 bits per heavy atom. The monoisotopic (exact) mass is 280 g/mol. The van der Waals surface area contributed by atoms with Crippen LogP contribution in [0.3, 0.4) is 0 Å². The van der Waals surface area contributed by atoms with Gasteiger partial charge in [-0.05, 0) is 37.8 Å². The number of primary amides is 1. The van der Waals surface area contributed by atoms with Crippen LogP contribution in [-0.4, -0.2) is 25.4 Å². The van der Waals surface area contributed by atoms with Crippen molar-refractivity contribution in [1.29, 1.82) is 0 Å². The van der Waals surface area contributed by atoms with Gasteiger partial charge in [0.25, 0.3) is 0 Å². The fourth-order valence-electron chi connectivity index (χ4n) is 2.40. The Balaban J connectivity index is 1.92. The van der Waals surface area contributed by atoms with E-state index in [1.54, 1.807) is 25.3 Å². The highest BCUT2D eigenvalue weighted by molar-refractivity contribution is 5.64. The van der Waals surface area contributed by atoms with E-state index < -0.39 is 6.09 Å². The first-order chi connectivity index (χ1) is 9.58. The van der Waals surface area contributed by atoms with Crippen LogP contribution < -0.4 is 20.9 Å². The molecule has 1 aromatic carbocycles. The first-order valence-electron chi connectivity index (χ1n) is 6.64. The normalized spacial score (nSPS) is 22.1.